The summed E-state index contributed by atoms with van der Waals surface area (Å²) in [5.41, 5.74) is -2.86. The summed E-state index contributed by atoms with van der Waals surface area (Å²) in [6, 6.07) is 15.6. The summed E-state index contributed by atoms with van der Waals surface area (Å²) in [5.74, 6) is -3.36. The maximum absolute atomic E-state index is 13.5. The molecule has 0 saturated heterocycles. The van der Waals surface area contributed by atoms with Gasteiger partial charge < -0.3 is 5.11 Å². The standard InChI is InChI=1S/C28H19ClF2N2O6/c29-20-5-10-24(33(38)39)23(14-20)19-11-12-32(26(35)13-19)28(27(36)37,15-17-1-6-21(30)7-2-17)16-25(34)18-3-8-22(31)9-4-18/h1-14H,15-16H2,(H,36,37). The van der Waals surface area contributed by atoms with E-state index in [0.717, 1.165) is 41.1 Å². The predicted octanol–water partition coefficient (Wildman–Crippen LogP) is 5.65. The highest BCUT2D eigenvalue weighted by Gasteiger charge is 2.43. The van der Waals surface area contributed by atoms with Crippen LogP contribution in [0.1, 0.15) is 22.3 Å². The van der Waals surface area contributed by atoms with E-state index >= 15 is 0 Å². The molecule has 0 fully saturated rings. The Morgan fingerprint density at radius 3 is 2.13 bits per heavy atom. The number of hydrogen-bond acceptors (Lipinski definition) is 5. The predicted molar refractivity (Wildman–Crippen MR) is 139 cm³/mol. The molecular weight excluding hydrogens is 534 g/mol. The lowest BCUT2D eigenvalue weighted by atomic mass is 9.83. The molecule has 1 aromatic heterocycles. The number of carbonyl (C=O) groups is 2. The number of nitro groups is 1. The van der Waals surface area contributed by atoms with Crippen LogP contribution in [0.5, 0.6) is 0 Å². The SMILES string of the molecule is O=C(CC(Cc1ccc(F)cc1)(C(=O)O)n1ccc(-c2cc(Cl)ccc2[N+](=O)[O-])cc1=O)c1ccc(F)cc1. The van der Waals surface area contributed by atoms with E-state index < -0.39 is 45.8 Å². The van der Waals surface area contributed by atoms with Gasteiger partial charge in [0.05, 0.1) is 10.5 Å². The van der Waals surface area contributed by atoms with Crippen LogP contribution >= 0.6 is 11.6 Å². The molecule has 0 aliphatic heterocycles. The van der Waals surface area contributed by atoms with Crippen molar-refractivity contribution in [1.29, 1.82) is 0 Å². The monoisotopic (exact) mass is 552 g/mol. The number of carboxylic acids is 1. The number of pyridine rings is 1. The molecule has 0 aliphatic carbocycles. The first-order valence-corrected chi connectivity index (χ1v) is 11.8. The molecule has 8 nitrogen and oxygen atoms in total. The van der Waals surface area contributed by atoms with Crippen molar-refractivity contribution >= 4 is 29.0 Å². The van der Waals surface area contributed by atoms with Crippen molar-refractivity contribution < 1.29 is 28.4 Å². The van der Waals surface area contributed by atoms with Crippen molar-refractivity contribution in [3.63, 3.8) is 0 Å². The molecule has 4 aromatic rings. The van der Waals surface area contributed by atoms with Crippen LogP contribution in [0.4, 0.5) is 14.5 Å². The topological polar surface area (TPSA) is 120 Å². The zero-order chi connectivity index (χ0) is 28.3. The lowest BCUT2D eigenvalue weighted by molar-refractivity contribution is -0.384. The molecular formula is C28H19ClF2N2O6. The van der Waals surface area contributed by atoms with Gasteiger partial charge in [0.25, 0.3) is 11.2 Å². The third-order valence-corrected chi connectivity index (χ3v) is 6.51. The van der Waals surface area contributed by atoms with Gasteiger partial charge in [-0.05, 0) is 65.7 Å². The summed E-state index contributed by atoms with van der Waals surface area (Å²) in [4.78, 5) is 50.4. The molecule has 4 rings (SSSR count). The van der Waals surface area contributed by atoms with E-state index in [1.54, 1.807) is 0 Å². The van der Waals surface area contributed by atoms with Crippen LogP contribution in [-0.2, 0) is 16.8 Å². The van der Waals surface area contributed by atoms with Gasteiger partial charge in [0.1, 0.15) is 11.6 Å². The average molecular weight is 553 g/mol. The van der Waals surface area contributed by atoms with E-state index in [9.17, 15) is 38.4 Å². The molecule has 3 aromatic carbocycles. The van der Waals surface area contributed by atoms with Gasteiger partial charge in [-0.3, -0.25) is 24.3 Å². The maximum atomic E-state index is 13.5. The second kappa shape index (κ2) is 11.0. The van der Waals surface area contributed by atoms with Crippen LogP contribution in [0.2, 0.25) is 5.02 Å². The summed E-state index contributed by atoms with van der Waals surface area (Å²) in [6.07, 6.45) is 0.0475. The minimum atomic E-state index is -2.18. The number of hydrogen-bond donors (Lipinski definition) is 1. The molecule has 0 bridgehead atoms. The minimum Gasteiger partial charge on any atom is -0.479 e. The normalized spacial score (nSPS) is 12.5. The highest BCUT2D eigenvalue weighted by molar-refractivity contribution is 6.31. The Labute approximate surface area is 224 Å². The molecule has 39 heavy (non-hydrogen) atoms. The number of Topliss-reactive ketones (excluding diaryl/α,β-unsaturated/α-hetero) is 1. The highest BCUT2D eigenvalue weighted by Crippen LogP contribution is 2.33. The number of carbonyl (C=O) groups excluding carboxylic acids is 1. The van der Waals surface area contributed by atoms with E-state index in [0.29, 0.717) is 5.56 Å². The number of aliphatic carboxylic acids is 1. The van der Waals surface area contributed by atoms with E-state index in [1.165, 1.54) is 48.5 Å². The number of aromatic nitrogens is 1. The van der Waals surface area contributed by atoms with Gasteiger partial charge in [-0.1, -0.05) is 23.7 Å². The van der Waals surface area contributed by atoms with Crippen molar-refractivity contribution in [3.05, 3.63) is 133 Å². The van der Waals surface area contributed by atoms with Gasteiger partial charge in [-0.25, -0.2) is 13.6 Å². The Morgan fingerprint density at radius 2 is 1.56 bits per heavy atom. The van der Waals surface area contributed by atoms with Crippen LogP contribution in [0.3, 0.4) is 0 Å². The fraction of sp³-hybridized carbons (Fsp3) is 0.107. The third-order valence-electron chi connectivity index (χ3n) is 6.27. The van der Waals surface area contributed by atoms with Gasteiger partial charge in [0, 0.05) is 41.8 Å². The maximum Gasteiger partial charge on any atom is 0.330 e. The first-order chi connectivity index (χ1) is 18.5. The molecule has 1 atom stereocenters. The van der Waals surface area contributed by atoms with Crippen LogP contribution < -0.4 is 5.56 Å². The number of carboxylic acid groups (broad SMARTS) is 1. The number of nitro benzene ring substituents is 1. The summed E-state index contributed by atoms with van der Waals surface area (Å²) in [7, 11) is 0. The van der Waals surface area contributed by atoms with Crippen LogP contribution in [0.15, 0.2) is 89.9 Å². The van der Waals surface area contributed by atoms with Crippen molar-refractivity contribution in [2.45, 2.75) is 18.4 Å². The van der Waals surface area contributed by atoms with E-state index in [-0.39, 0.29) is 33.8 Å². The molecule has 1 unspecified atom stereocenters. The zero-order valence-corrected chi connectivity index (χ0v) is 20.8. The molecule has 0 spiro atoms. The van der Waals surface area contributed by atoms with Crippen LogP contribution in [-0.4, -0.2) is 26.3 Å². The Hall–Kier alpha value is -4.70. The quantitative estimate of drug-likeness (QED) is 0.163. The highest BCUT2D eigenvalue weighted by atomic mass is 35.5. The molecule has 198 valence electrons. The number of nitrogens with zero attached hydrogens (tertiary/aromatic N) is 2. The molecule has 1 N–H and O–H groups in total. The largest absolute Gasteiger partial charge is 0.479 e. The van der Waals surface area contributed by atoms with E-state index in [1.807, 2.05) is 0 Å². The summed E-state index contributed by atoms with van der Waals surface area (Å²) in [5, 5.41) is 22.2. The van der Waals surface area contributed by atoms with Crippen molar-refractivity contribution in [3.8, 4) is 11.1 Å². The first kappa shape index (κ1) is 27.3. The zero-order valence-electron chi connectivity index (χ0n) is 20.0. The summed E-state index contributed by atoms with van der Waals surface area (Å²) < 4.78 is 27.8. The number of rotatable bonds is 9. The number of ketones is 1. The Balaban J connectivity index is 1.87. The molecule has 0 saturated carbocycles. The first-order valence-electron chi connectivity index (χ1n) is 11.4. The Kier molecular flexibility index (Phi) is 7.68. The summed E-state index contributed by atoms with van der Waals surface area (Å²) >= 11 is 6.01. The van der Waals surface area contributed by atoms with Crippen molar-refractivity contribution in [2.75, 3.05) is 0 Å². The second-order valence-corrected chi connectivity index (χ2v) is 9.23. The number of benzene rings is 3. The van der Waals surface area contributed by atoms with Gasteiger partial charge >= 0.3 is 5.97 Å². The van der Waals surface area contributed by atoms with E-state index in [4.69, 9.17) is 11.6 Å². The number of halogens is 3. The fourth-order valence-electron chi connectivity index (χ4n) is 4.33. The lowest BCUT2D eigenvalue weighted by Gasteiger charge is -2.31. The Morgan fingerprint density at radius 1 is 0.949 bits per heavy atom. The van der Waals surface area contributed by atoms with Crippen molar-refractivity contribution in [2.24, 2.45) is 0 Å². The van der Waals surface area contributed by atoms with Gasteiger partial charge in [-0.15, -0.1) is 0 Å². The van der Waals surface area contributed by atoms with Gasteiger partial charge in [0.2, 0.25) is 0 Å². The lowest BCUT2D eigenvalue weighted by Crippen LogP contribution is -2.50. The van der Waals surface area contributed by atoms with Gasteiger partial charge in [0.15, 0.2) is 11.3 Å². The van der Waals surface area contributed by atoms with Crippen molar-refractivity contribution in [1.82, 2.24) is 4.57 Å². The average Bonchev–Trinajstić information content (AvgIpc) is 2.89. The summed E-state index contributed by atoms with van der Waals surface area (Å²) in [6.45, 7) is 0. The third kappa shape index (κ3) is 5.75. The van der Waals surface area contributed by atoms with Crippen LogP contribution in [0, 0.1) is 21.7 Å². The molecule has 1 heterocycles. The minimum absolute atomic E-state index is 0.0281. The molecule has 0 aliphatic rings. The molecule has 0 amide bonds. The smallest absolute Gasteiger partial charge is 0.330 e. The Bertz CT molecular complexity index is 1640. The fourth-order valence-corrected chi connectivity index (χ4v) is 4.50. The van der Waals surface area contributed by atoms with Crippen LogP contribution in [0.25, 0.3) is 11.1 Å². The van der Waals surface area contributed by atoms with Gasteiger partial charge in [-0.2, -0.15) is 0 Å². The second-order valence-electron chi connectivity index (χ2n) is 8.79. The molecule has 11 heteroatoms. The molecule has 0 radical (unpaired) electrons. The van der Waals surface area contributed by atoms with E-state index in [2.05, 4.69) is 0 Å².